The molecule has 8 nitrogen and oxygen atoms in total. The number of hydrogen-bond donors (Lipinski definition) is 0. The van der Waals surface area contributed by atoms with Gasteiger partial charge >= 0.3 is 5.97 Å². The van der Waals surface area contributed by atoms with Crippen molar-refractivity contribution in [3.05, 3.63) is 77.4 Å². The Morgan fingerprint density at radius 3 is 1.94 bits per heavy atom. The third kappa shape index (κ3) is 5.73. The van der Waals surface area contributed by atoms with E-state index in [4.69, 9.17) is 28.4 Å². The molecule has 0 amide bonds. The number of hydrogen-bond acceptors (Lipinski definition) is 8. The molecule has 0 N–H and O–H groups in total. The van der Waals surface area contributed by atoms with E-state index in [1.54, 1.807) is 48.5 Å². The molecule has 182 valence electrons. The molecule has 3 aromatic rings. The average Bonchev–Trinajstić information content (AvgIpc) is 2.90. The molecule has 35 heavy (non-hydrogen) atoms. The van der Waals surface area contributed by atoms with Crippen LogP contribution in [0.2, 0.25) is 0 Å². The van der Waals surface area contributed by atoms with Crippen molar-refractivity contribution in [3.63, 3.8) is 0 Å². The molecule has 0 fully saturated rings. The van der Waals surface area contributed by atoms with Crippen LogP contribution in [0.15, 0.2) is 60.7 Å². The van der Waals surface area contributed by atoms with Gasteiger partial charge in [-0.05, 0) is 48.6 Å². The topological polar surface area (TPSA) is 89.5 Å². The van der Waals surface area contributed by atoms with Crippen LogP contribution in [0.4, 0.5) is 0 Å². The van der Waals surface area contributed by atoms with Crippen molar-refractivity contribution in [1.29, 1.82) is 0 Å². The molecule has 0 aliphatic heterocycles. The molecule has 0 unspecified atom stereocenters. The maximum Gasteiger partial charge on any atom is 0.343 e. The standard InChI is InChI=1S/C27H26O8/c1-30-19-11-13-23(31-2)20(16-19)21(28)12-10-17-8-6-7-9-22(17)35-27(29)18-14-24(32-3)26(34-5)25(15-18)33-4/h6-16H,1-5H3. The molecule has 0 saturated carbocycles. The molecule has 0 atom stereocenters. The van der Waals surface area contributed by atoms with Crippen LogP contribution in [0.5, 0.6) is 34.5 Å². The zero-order chi connectivity index (χ0) is 25.4. The van der Waals surface area contributed by atoms with Crippen LogP contribution in [0.3, 0.4) is 0 Å². The van der Waals surface area contributed by atoms with E-state index in [0.29, 0.717) is 39.9 Å². The van der Waals surface area contributed by atoms with Crippen LogP contribution in [0, 0.1) is 0 Å². The lowest BCUT2D eigenvalue weighted by molar-refractivity contribution is 0.0733. The van der Waals surface area contributed by atoms with Crippen molar-refractivity contribution in [3.8, 4) is 34.5 Å². The van der Waals surface area contributed by atoms with E-state index in [0.717, 1.165) is 0 Å². The predicted octanol–water partition coefficient (Wildman–Crippen LogP) is 4.84. The highest BCUT2D eigenvalue weighted by molar-refractivity contribution is 6.09. The second kappa shape index (κ2) is 11.6. The minimum Gasteiger partial charge on any atom is -0.497 e. The first-order valence-electron chi connectivity index (χ1n) is 10.5. The van der Waals surface area contributed by atoms with E-state index in [1.807, 2.05) is 0 Å². The van der Waals surface area contributed by atoms with Crippen LogP contribution in [-0.2, 0) is 0 Å². The zero-order valence-corrected chi connectivity index (χ0v) is 20.1. The maximum absolute atomic E-state index is 12.9. The first kappa shape index (κ1) is 25.2. The second-order valence-corrected chi connectivity index (χ2v) is 7.11. The van der Waals surface area contributed by atoms with Gasteiger partial charge in [-0.3, -0.25) is 4.79 Å². The molecule has 8 heteroatoms. The minimum atomic E-state index is -0.633. The smallest absolute Gasteiger partial charge is 0.343 e. The highest BCUT2D eigenvalue weighted by Gasteiger charge is 2.19. The van der Waals surface area contributed by atoms with E-state index in [9.17, 15) is 9.59 Å². The van der Waals surface area contributed by atoms with Gasteiger partial charge in [0, 0.05) is 5.56 Å². The quantitative estimate of drug-likeness (QED) is 0.177. The third-order valence-corrected chi connectivity index (χ3v) is 5.11. The number of carbonyl (C=O) groups excluding carboxylic acids is 2. The normalized spacial score (nSPS) is 10.5. The van der Waals surface area contributed by atoms with Gasteiger partial charge in [-0.15, -0.1) is 0 Å². The molecule has 0 saturated heterocycles. The Balaban J connectivity index is 1.87. The number of carbonyl (C=O) groups is 2. The Kier molecular flexibility index (Phi) is 8.34. The van der Waals surface area contributed by atoms with E-state index >= 15 is 0 Å². The molecular weight excluding hydrogens is 452 g/mol. The Hall–Kier alpha value is -4.46. The second-order valence-electron chi connectivity index (χ2n) is 7.11. The third-order valence-electron chi connectivity index (χ3n) is 5.11. The molecule has 0 spiro atoms. The van der Waals surface area contributed by atoms with Crippen molar-refractivity contribution in [2.24, 2.45) is 0 Å². The summed E-state index contributed by atoms with van der Waals surface area (Å²) in [5.74, 6) is 1.30. The zero-order valence-electron chi connectivity index (χ0n) is 20.1. The first-order chi connectivity index (χ1) is 16.9. The molecule has 3 rings (SSSR count). The summed E-state index contributed by atoms with van der Waals surface area (Å²) in [6, 6.07) is 14.8. The summed E-state index contributed by atoms with van der Waals surface area (Å²) in [6.45, 7) is 0. The van der Waals surface area contributed by atoms with Crippen LogP contribution >= 0.6 is 0 Å². The molecule has 0 radical (unpaired) electrons. The Morgan fingerprint density at radius 1 is 0.686 bits per heavy atom. The van der Waals surface area contributed by atoms with E-state index < -0.39 is 5.97 Å². The number of esters is 1. The summed E-state index contributed by atoms with van der Waals surface area (Å²) in [5, 5.41) is 0. The Labute approximate surface area is 203 Å². The highest BCUT2D eigenvalue weighted by Crippen LogP contribution is 2.38. The fourth-order valence-corrected chi connectivity index (χ4v) is 3.33. The van der Waals surface area contributed by atoms with Crippen LogP contribution < -0.4 is 28.4 Å². The van der Waals surface area contributed by atoms with E-state index in [2.05, 4.69) is 0 Å². The van der Waals surface area contributed by atoms with E-state index in [1.165, 1.54) is 53.8 Å². The van der Waals surface area contributed by atoms with Gasteiger partial charge in [0.15, 0.2) is 17.3 Å². The van der Waals surface area contributed by atoms with Crippen molar-refractivity contribution >= 4 is 17.8 Å². The van der Waals surface area contributed by atoms with Crippen molar-refractivity contribution < 1.29 is 38.0 Å². The summed E-state index contributed by atoms with van der Waals surface area (Å²) in [7, 11) is 7.40. The van der Waals surface area contributed by atoms with Gasteiger partial charge in [-0.1, -0.05) is 18.2 Å². The number of rotatable bonds is 10. The van der Waals surface area contributed by atoms with Crippen molar-refractivity contribution in [2.45, 2.75) is 0 Å². The molecule has 0 heterocycles. The van der Waals surface area contributed by atoms with Crippen LogP contribution in [-0.4, -0.2) is 47.3 Å². The SMILES string of the molecule is COc1ccc(OC)c(C(=O)C=Cc2ccccc2OC(=O)c2cc(OC)c(OC)c(OC)c2)c1. The summed E-state index contributed by atoms with van der Waals surface area (Å²) in [4.78, 5) is 25.8. The number of benzene rings is 3. The molecule has 0 aliphatic carbocycles. The van der Waals surface area contributed by atoms with Gasteiger partial charge < -0.3 is 28.4 Å². The van der Waals surface area contributed by atoms with Gasteiger partial charge in [0.1, 0.15) is 17.2 Å². The summed E-state index contributed by atoms with van der Waals surface area (Å²) < 4.78 is 32.0. The molecule has 0 aromatic heterocycles. The largest absolute Gasteiger partial charge is 0.497 e. The number of ether oxygens (including phenoxy) is 6. The number of para-hydroxylation sites is 1. The number of methoxy groups -OCH3 is 5. The lowest BCUT2D eigenvalue weighted by Gasteiger charge is -2.14. The van der Waals surface area contributed by atoms with Crippen LogP contribution in [0.1, 0.15) is 26.3 Å². The highest BCUT2D eigenvalue weighted by atomic mass is 16.5. The van der Waals surface area contributed by atoms with Gasteiger partial charge in [0.05, 0.1) is 46.7 Å². The van der Waals surface area contributed by atoms with Gasteiger partial charge in [-0.25, -0.2) is 4.79 Å². The molecule has 3 aromatic carbocycles. The summed E-state index contributed by atoms with van der Waals surface area (Å²) in [6.07, 6.45) is 2.95. The molecular formula is C27H26O8. The fourth-order valence-electron chi connectivity index (χ4n) is 3.33. The van der Waals surface area contributed by atoms with Crippen molar-refractivity contribution in [2.75, 3.05) is 35.5 Å². The van der Waals surface area contributed by atoms with Crippen LogP contribution in [0.25, 0.3) is 6.08 Å². The average molecular weight is 478 g/mol. The predicted molar refractivity (Wildman–Crippen MR) is 130 cm³/mol. The lowest BCUT2D eigenvalue weighted by Crippen LogP contribution is -2.10. The number of allylic oxidation sites excluding steroid dienone is 1. The first-order valence-corrected chi connectivity index (χ1v) is 10.5. The Bertz CT molecular complexity index is 1220. The maximum atomic E-state index is 12.9. The fraction of sp³-hybridized carbons (Fsp3) is 0.185. The van der Waals surface area contributed by atoms with E-state index in [-0.39, 0.29) is 17.1 Å². The monoisotopic (exact) mass is 478 g/mol. The van der Waals surface area contributed by atoms with Gasteiger partial charge in [0.25, 0.3) is 0 Å². The number of ketones is 1. The molecule has 0 aliphatic rings. The van der Waals surface area contributed by atoms with Crippen molar-refractivity contribution in [1.82, 2.24) is 0 Å². The molecule has 0 bridgehead atoms. The van der Waals surface area contributed by atoms with Gasteiger partial charge in [-0.2, -0.15) is 0 Å². The minimum absolute atomic E-state index is 0.204. The summed E-state index contributed by atoms with van der Waals surface area (Å²) in [5.41, 5.74) is 1.08. The summed E-state index contributed by atoms with van der Waals surface area (Å²) >= 11 is 0. The Morgan fingerprint density at radius 2 is 1.34 bits per heavy atom. The van der Waals surface area contributed by atoms with Gasteiger partial charge in [0.2, 0.25) is 5.75 Å². The lowest BCUT2D eigenvalue weighted by atomic mass is 10.1.